The zero-order valence-electron chi connectivity index (χ0n) is 11.9. The van der Waals surface area contributed by atoms with Gasteiger partial charge in [0.15, 0.2) is 5.78 Å². The molecule has 0 saturated heterocycles. The Labute approximate surface area is 123 Å². The van der Waals surface area contributed by atoms with Crippen LogP contribution in [0.15, 0.2) is 42.5 Å². The number of hydrogen-bond donors (Lipinski definition) is 0. The highest BCUT2D eigenvalue weighted by molar-refractivity contribution is 5.97. The summed E-state index contributed by atoms with van der Waals surface area (Å²) in [6.07, 6.45) is 0. The van der Waals surface area contributed by atoms with Crippen molar-refractivity contribution < 1.29 is 14.3 Å². The summed E-state index contributed by atoms with van der Waals surface area (Å²) < 4.78 is 10.9. The molecule has 106 valence electrons. The molecule has 2 aromatic carbocycles. The molecular weight excluding hydrogens is 266 g/mol. The van der Waals surface area contributed by atoms with Gasteiger partial charge in [0.1, 0.15) is 18.1 Å². The molecule has 0 amide bonds. The lowest BCUT2D eigenvalue weighted by molar-refractivity contribution is 0.101. The molecular formula is C17H15NO3. The number of ketones is 1. The maximum absolute atomic E-state index is 11.4. The molecule has 0 atom stereocenters. The van der Waals surface area contributed by atoms with Crippen LogP contribution in [0.4, 0.5) is 0 Å². The Morgan fingerprint density at radius 1 is 1.24 bits per heavy atom. The van der Waals surface area contributed by atoms with E-state index in [9.17, 15) is 4.79 Å². The van der Waals surface area contributed by atoms with Gasteiger partial charge in [-0.05, 0) is 25.1 Å². The van der Waals surface area contributed by atoms with Crippen LogP contribution in [0.1, 0.15) is 28.4 Å². The third-order valence-electron chi connectivity index (χ3n) is 3.08. The quantitative estimate of drug-likeness (QED) is 0.788. The second-order valence-electron chi connectivity index (χ2n) is 4.48. The number of nitriles is 1. The lowest BCUT2D eigenvalue weighted by Gasteiger charge is -2.11. The van der Waals surface area contributed by atoms with E-state index < -0.39 is 0 Å². The normalized spacial score (nSPS) is 9.76. The van der Waals surface area contributed by atoms with Crippen LogP contribution >= 0.6 is 0 Å². The van der Waals surface area contributed by atoms with Crippen molar-refractivity contribution in [2.75, 3.05) is 7.11 Å². The van der Waals surface area contributed by atoms with Gasteiger partial charge in [-0.25, -0.2) is 0 Å². The van der Waals surface area contributed by atoms with Crippen LogP contribution in [0.5, 0.6) is 11.5 Å². The van der Waals surface area contributed by atoms with Gasteiger partial charge in [0.2, 0.25) is 0 Å². The third kappa shape index (κ3) is 3.40. The molecule has 0 N–H and O–H groups in total. The summed E-state index contributed by atoms with van der Waals surface area (Å²) in [5.74, 6) is 1.01. The monoisotopic (exact) mass is 281 g/mol. The van der Waals surface area contributed by atoms with Crippen molar-refractivity contribution in [1.29, 1.82) is 5.26 Å². The van der Waals surface area contributed by atoms with Crippen molar-refractivity contribution in [2.24, 2.45) is 0 Å². The molecule has 0 spiro atoms. The number of carbonyl (C=O) groups is 1. The zero-order valence-corrected chi connectivity index (χ0v) is 11.9. The zero-order chi connectivity index (χ0) is 15.2. The van der Waals surface area contributed by atoms with Crippen molar-refractivity contribution in [2.45, 2.75) is 13.5 Å². The average Bonchev–Trinajstić information content (AvgIpc) is 2.52. The van der Waals surface area contributed by atoms with Gasteiger partial charge < -0.3 is 9.47 Å². The van der Waals surface area contributed by atoms with Gasteiger partial charge in [0.05, 0.1) is 24.3 Å². The van der Waals surface area contributed by atoms with E-state index in [2.05, 4.69) is 6.07 Å². The minimum atomic E-state index is -0.0618. The van der Waals surface area contributed by atoms with Crippen molar-refractivity contribution in [3.63, 3.8) is 0 Å². The molecule has 0 unspecified atom stereocenters. The van der Waals surface area contributed by atoms with Gasteiger partial charge in [-0.1, -0.05) is 18.2 Å². The van der Waals surface area contributed by atoms with Crippen LogP contribution in [0.3, 0.4) is 0 Å². The number of ether oxygens (including phenoxy) is 2. The Morgan fingerprint density at radius 2 is 2.00 bits per heavy atom. The molecule has 2 rings (SSSR count). The van der Waals surface area contributed by atoms with Crippen LogP contribution < -0.4 is 9.47 Å². The highest BCUT2D eigenvalue weighted by Gasteiger charge is 2.09. The van der Waals surface area contributed by atoms with E-state index in [1.807, 2.05) is 18.2 Å². The van der Waals surface area contributed by atoms with E-state index in [1.165, 1.54) is 14.0 Å². The Morgan fingerprint density at radius 3 is 2.67 bits per heavy atom. The van der Waals surface area contributed by atoms with Crippen molar-refractivity contribution in [1.82, 2.24) is 0 Å². The molecule has 4 nitrogen and oxygen atoms in total. The van der Waals surface area contributed by atoms with Crippen LogP contribution in [-0.2, 0) is 6.61 Å². The number of benzene rings is 2. The molecule has 0 radical (unpaired) electrons. The summed E-state index contributed by atoms with van der Waals surface area (Å²) in [6.45, 7) is 1.77. The molecule has 4 heteroatoms. The SMILES string of the molecule is COc1cc(OCc2ccccc2C#N)ccc1C(C)=O. The Hall–Kier alpha value is -2.80. The van der Waals surface area contributed by atoms with E-state index in [1.54, 1.807) is 24.3 Å². The van der Waals surface area contributed by atoms with Crippen LogP contribution in [0.2, 0.25) is 0 Å². The Bertz CT molecular complexity index is 701. The second-order valence-corrected chi connectivity index (χ2v) is 4.48. The Kier molecular flexibility index (Phi) is 4.57. The number of nitrogens with zero attached hydrogens (tertiary/aromatic N) is 1. The predicted molar refractivity (Wildman–Crippen MR) is 78.5 cm³/mol. The summed E-state index contributed by atoms with van der Waals surface area (Å²) in [5.41, 5.74) is 1.92. The fourth-order valence-corrected chi connectivity index (χ4v) is 1.97. The van der Waals surface area contributed by atoms with Crippen LogP contribution in [0, 0.1) is 11.3 Å². The summed E-state index contributed by atoms with van der Waals surface area (Å²) >= 11 is 0. The summed E-state index contributed by atoms with van der Waals surface area (Å²) in [5, 5.41) is 9.03. The van der Waals surface area contributed by atoms with Crippen molar-refractivity contribution >= 4 is 5.78 Å². The molecule has 21 heavy (non-hydrogen) atoms. The number of methoxy groups -OCH3 is 1. The van der Waals surface area contributed by atoms with E-state index in [0.29, 0.717) is 22.6 Å². The van der Waals surface area contributed by atoms with Gasteiger partial charge in [-0.3, -0.25) is 4.79 Å². The number of Topliss-reactive ketones (excluding diaryl/α,β-unsaturated/α-hetero) is 1. The van der Waals surface area contributed by atoms with Crippen LogP contribution in [0.25, 0.3) is 0 Å². The van der Waals surface area contributed by atoms with E-state index in [0.717, 1.165) is 5.56 Å². The first kappa shape index (κ1) is 14.6. The van der Waals surface area contributed by atoms with Gasteiger partial charge in [0, 0.05) is 11.6 Å². The first-order valence-electron chi connectivity index (χ1n) is 6.45. The van der Waals surface area contributed by atoms with Gasteiger partial charge in [0.25, 0.3) is 0 Å². The highest BCUT2D eigenvalue weighted by atomic mass is 16.5. The number of carbonyl (C=O) groups excluding carboxylic acids is 1. The lowest BCUT2D eigenvalue weighted by atomic mass is 10.1. The summed E-state index contributed by atoms with van der Waals surface area (Å²) in [6, 6.07) is 14.5. The molecule has 0 aliphatic rings. The highest BCUT2D eigenvalue weighted by Crippen LogP contribution is 2.26. The molecule has 0 bridgehead atoms. The molecule has 0 heterocycles. The smallest absolute Gasteiger partial charge is 0.163 e. The minimum Gasteiger partial charge on any atom is -0.496 e. The number of rotatable bonds is 5. The first-order valence-corrected chi connectivity index (χ1v) is 6.45. The maximum atomic E-state index is 11.4. The van der Waals surface area contributed by atoms with Crippen LogP contribution in [-0.4, -0.2) is 12.9 Å². The van der Waals surface area contributed by atoms with E-state index >= 15 is 0 Å². The fourth-order valence-electron chi connectivity index (χ4n) is 1.97. The van der Waals surface area contributed by atoms with E-state index in [-0.39, 0.29) is 12.4 Å². The molecule has 0 aromatic heterocycles. The molecule has 0 saturated carbocycles. The standard InChI is InChI=1S/C17H15NO3/c1-12(19)16-8-7-15(9-17(16)20-2)21-11-14-6-4-3-5-13(14)10-18/h3-9H,11H2,1-2H3. The average molecular weight is 281 g/mol. The van der Waals surface area contributed by atoms with Gasteiger partial charge >= 0.3 is 0 Å². The Balaban J connectivity index is 2.17. The molecule has 0 fully saturated rings. The molecule has 0 aliphatic heterocycles. The maximum Gasteiger partial charge on any atom is 0.163 e. The third-order valence-corrected chi connectivity index (χ3v) is 3.08. The van der Waals surface area contributed by atoms with Gasteiger partial charge in [-0.2, -0.15) is 5.26 Å². The van der Waals surface area contributed by atoms with Crippen molar-refractivity contribution in [3.05, 3.63) is 59.2 Å². The fraction of sp³-hybridized carbons (Fsp3) is 0.176. The predicted octanol–water partition coefficient (Wildman–Crippen LogP) is 3.35. The lowest BCUT2D eigenvalue weighted by Crippen LogP contribution is -2.01. The number of hydrogen-bond acceptors (Lipinski definition) is 4. The topological polar surface area (TPSA) is 59.3 Å². The molecule has 0 aliphatic carbocycles. The van der Waals surface area contributed by atoms with E-state index in [4.69, 9.17) is 14.7 Å². The minimum absolute atomic E-state index is 0.0618. The van der Waals surface area contributed by atoms with Crippen molar-refractivity contribution in [3.8, 4) is 17.6 Å². The second kappa shape index (κ2) is 6.58. The summed E-state index contributed by atoms with van der Waals surface area (Å²) in [7, 11) is 1.51. The molecule has 2 aromatic rings. The van der Waals surface area contributed by atoms with Gasteiger partial charge in [-0.15, -0.1) is 0 Å². The summed E-state index contributed by atoms with van der Waals surface area (Å²) in [4.78, 5) is 11.4. The largest absolute Gasteiger partial charge is 0.496 e. The first-order chi connectivity index (χ1) is 10.2.